The molecule has 2 aliphatic rings. The van der Waals surface area contributed by atoms with Gasteiger partial charge in [-0.1, -0.05) is 20.8 Å². The Labute approximate surface area is 113 Å². The summed E-state index contributed by atoms with van der Waals surface area (Å²) in [6.45, 7) is 14.1. The normalized spacial score (nSPS) is 32.5. The fraction of sp³-hybridized carbons (Fsp3) is 1.00. The van der Waals surface area contributed by atoms with Crippen LogP contribution >= 0.6 is 0 Å². The standard InChI is InChI=1S/C15H31N3/c1-12-10-18-8-5-6-13(18)11-17(12)9-7-14(16)15(2,3)4/h12-14H,5-11,16H2,1-4H3. The van der Waals surface area contributed by atoms with Crippen molar-refractivity contribution in [1.29, 1.82) is 0 Å². The van der Waals surface area contributed by atoms with Crippen LogP contribution in [-0.4, -0.2) is 54.1 Å². The average Bonchev–Trinajstić information content (AvgIpc) is 2.70. The van der Waals surface area contributed by atoms with Crippen LogP contribution in [0.2, 0.25) is 0 Å². The van der Waals surface area contributed by atoms with E-state index in [-0.39, 0.29) is 5.41 Å². The summed E-state index contributed by atoms with van der Waals surface area (Å²) in [6, 6.07) is 1.84. The molecule has 0 aromatic rings. The van der Waals surface area contributed by atoms with Crippen molar-refractivity contribution in [1.82, 2.24) is 9.80 Å². The van der Waals surface area contributed by atoms with Crippen molar-refractivity contribution in [2.75, 3.05) is 26.2 Å². The molecule has 2 aliphatic heterocycles. The van der Waals surface area contributed by atoms with Crippen LogP contribution in [0.4, 0.5) is 0 Å². The highest BCUT2D eigenvalue weighted by molar-refractivity contribution is 4.91. The van der Waals surface area contributed by atoms with E-state index in [9.17, 15) is 0 Å². The number of nitrogens with zero attached hydrogens (tertiary/aromatic N) is 2. The highest BCUT2D eigenvalue weighted by atomic mass is 15.3. The number of fused-ring (bicyclic) bond motifs is 1. The van der Waals surface area contributed by atoms with E-state index in [0.29, 0.717) is 12.1 Å². The molecule has 3 heteroatoms. The maximum Gasteiger partial charge on any atom is 0.0224 e. The van der Waals surface area contributed by atoms with Gasteiger partial charge in [0.1, 0.15) is 0 Å². The van der Waals surface area contributed by atoms with Gasteiger partial charge < -0.3 is 5.73 Å². The van der Waals surface area contributed by atoms with Crippen LogP contribution in [0.15, 0.2) is 0 Å². The lowest BCUT2D eigenvalue weighted by molar-refractivity contribution is 0.0547. The molecule has 3 unspecified atom stereocenters. The fourth-order valence-corrected chi connectivity index (χ4v) is 3.30. The van der Waals surface area contributed by atoms with Crippen molar-refractivity contribution in [3.05, 3.63) is 0 Å². The number of piperazine rings is 1. The zero-order valence-electron chi connectivity index (χ0n) is 12.7. The molecule has 3 atom stereocenters. The third kappa shape index (κ3) is 3.25. The summed E-state index contributed by atoms with van der Waals surface area (Å²) in [7, 11) is 0. The van der Waals surface area contributed by atoms with E-state index >= 15 is 0 Å². The molecule has 0 saturated carbocycles. The van der Waals surface area contributed by atoms with Gasteiger partial charge in [-0.25, -0.2) is 0 Å². The minimum Gasteiger partial charge on any atom is -0.327 e. The first-order valence-electron chi connectivity index (χ1n) is 7.61. The zero-order chi connectivity index (χ0) is 13.3. The van der Waals surface area contributed by atoms with E-state index in [1.807, 2.05) is 0 Å². The molecule has 0 bridgehead atoms. The van der Waals surface area contributed by atoms with Gasteiger partial charge in [-0.2, -0.15) is 0 Å². The molecule has 2 heterocycles. The summed E-state index contributed by atoms with van der Waals surface area (Å²) < 4.78 is 0. The van der Waals surface area contributed by atoms with Crippen molar-refractivity contribution in [2.24, 2.45) is 11.1 Å². The summed E-state index contributed by atoms with van der Waals surface area (Å²) in [6.07, 6.45) is 3.92. The lowest BCUT2D eigenvalue weighted by Crippen LogP contribution is -2.55. The fourth-order valence-electron chi connectivity index (χ4n) is 3.30. The van der Waals surface area contributed by atoms with Crippen LogP contribution in [0.3, 0.4) is 0 Å². The molecule has 0 aliphatic carbocycles. The van der Waals surface area contributed by atoms with Gasteiger partial charge in [-0.05, 0) is 38.1 Å². The van der Waals surface area contributed by atoms with Crippen LogP contribution in [0.25, 0.3) is 0 Å². The van der Waals surface area contributed by atoms with Gasteiger partial charge in [-0.15, -0.1) is 0 Å². The summed E-state index contributed by atoms with van der Waals surface area (Å²) in [4.78, 5) is 5.35. The number of rotatable bonds is 3. The van der Waals surface area contributed by atoms with Crippen molar-refractivity contribution in [2.45, 2.75) is 65.1 Å². The molecule has 2 N–H and O–H groups in total. The molecular weight excluding hydrogens is 222 g/mol. The molecule has 3 nitrogen and oxygen atoms in total. The van der Waals surface area contributed by atoms with Crippen LogP contribution in [-0.2, 0) is 0 Å². The molecule has 18 heavy (non-hydrogen) atoms. The zero-order valence-corrected chi connectivity index (χ0v) is 12.7. The van der Waals surface area contributed by atoms with Gasteiger partial charge in [0.2, 0.25) is 0 Å². The van der Waals surface area contributed by atoms with E-state index < -0.39 is 0 Å². The summed E-state index contributed by atoms with van der Waals surface area (Å²) in [5.41, 5.74) is 6.52. The molecule has 106 valence electrons. The van der Waals surface area contributed by atoms with E-state index in [2.05, 4.69) is 37.5 Å². The summed E-state index contributed by atoms with van der Waals surface area (Å²) in [5.74, 6) is 0. The minimum absolute atomic E-state index is 0.235. The molecule has 0 aromatic carbocycles. The first kappa shape index (κ1) is 14.3. The lowest BCUT2D eigenvalue weighted by atomic mass is 9.85. The summed E-state index contributed by atoms with van der Waals surface area (Å²) in [5, 5.41) is 0. The van der Waals surface area contributed by atoms with Gasteiger partial charge in [0.25, 0.3) is 0 Å². The molecule has 0 amide bonds. The topological polar surface area (TPSA) is 32.5 Å². The van der Waals surface area contributed by atoms with Gasteiger partial charge in [0.15, 0.2) is 0 Å². The Morgan fingerprint density at radius 1 is 1.28 bits per heavy atom. The Balaban J connectivity index is 1.82. The van der Waals surface area contributed by atoms with Crippen LogP contribution in [0.5, 0.6) is 0 Å². The molecular formula is C15H31N3. The largest absolute Gasteiger partial charge is 0.327 e. The molecule has 2 fully saturated rings. The highest BCUT2D eigenvalue weighted by Gasteiger charge is 2.34. The van der Waals surface area contributed by atoms with Gasteiger partial charge >= 0.3 is 0 Å². The lowest BCUT2D eigenvalue weighted by Gasteiger charge is -2.43. The quantitative estimate of drug-likeness (QED) is 0.834. The predicted octanol–water partition coefficient (Wildman–Crippen LogP) is 1.92. The maximum atomic E-state index is 6.28. The van der Waals surface area contributed by atoms with Crippen molar-refractivity contribution in [3.8, 4) is 0 Å². The van der Waals surface area contributed by atoms with Crippen molar-refractivity contribution in [3.63, 3.8) is 0 Å². The van der Waals surface area contributed by atoms with Gasteiger partial charge in [0, 0.05) is 37.8 Å². The van der Waals surface area contributed by atoms with Crippen molar-refractivity contribution >= 4 is 0 Å². The summed E-state index contributed by atoms with van der Waals surface area (Å²) >= 11 is 0. The van der Waals surface area contributed by atoms with Crippen LogP contribution in [0.1, 0.15) is 47.0 Å². The SMILES string of the molecule is CC1CN2CCCC2CN1CCC(N)C(C)(C)C. The third-order valence-corrected chi connectivity index (χ3v) is 4.91. The smallest absolute Gasteiger partial charge is 0.0224 e. The van der Waals surface area contributed by atoms with Crippen LogP contribution in [0, 0.1) is 5.41 Å². The van der Waals surface area contributed by atoms with E-state index in [1.54, 1.807) is 0 Å². The Hall–Kier alpha value is -0.120. The Bertz CT molecular complexity index is 271. The van der Waals surface area contributed by atoms with Gasteiger partial charge in [0.05, 0.1) is 0 Å². The monoisotopic (exact) mass is 253 g/mol. The number of hydrogen-bond donors (Lipinski definition) is 1. The second-order valence-corrected chi connectivity index (χ2v) is 7.40. The molecule has 0 aromatic heterocycles. The molecule has 2 saturated heterocycles. The Kier molecular flexibility index (Phi) is 4.35. The molecule has 0 spiro atoms. The first-order chi connectivity index (χ1) is 8.38. The van der Waals surface area contributed by atoms with E-state index in [4.69, 9.17) is 5.73 Å². The van der Waals surface area contributed by atoms with Gasteiger partial charge in [-0.3, -0.25) is 9.80 Å². The van der Waals surface area contributed by atoms with E-state index in [1.165, 1.54) is 39.0 Å². The molecule has 0 radical (unpaired) electrons. The highest BCUT2D eigenvalue weighted by Crippen LogP contribution is 2.26. The number of nitrogens with two attached hydrogens (primary N) is 1. The molecule has 2 rings (SSSR count). The Morgan fingerprint density at radius 2 is 2.00 bits per heavy atom. The van der Waals surface area contributed by atoms with E-state index in [0.717, 1.165) is 12.5 Å². The van der Waals surface area contributed by atoms with Crippen LogP contribution < -0.4 is 5.73 Å². The number of hydrogen-bond acceptors (Lipinski definition) is 3. The maximum absolute atomic E-state index is 6.28. The second kappa shape index (κ2) is 5.48. The van der Waals surface area contributed by atoms with Crippen molar-refractivity contribution < 1.29 is 0 Å². The average molecular weight is 253 g/mol. The second-order valence-electron chi connectivity index (χ2n) is 7.40. The first-order valence-corrected chi connectivity index (χ1v) is 7.61. The minimum atomic E-state index is 0.235. The predicted molar refractivity (Wildman–Crippen MR) is 77.7 cm³/mol. The third-order valence-electron chi connectivity index (χ3n) is 4.91. The Morgan fingerprint density at radius 3 is 2.67 bits per heavy atom.